The van der Waals surface area contributed by atoms with Gasteiger partial charge < -0.3 is 19.4 Å². The molecule has 0 fully saturated rings. The molecular formula is C23H26N2O3. The lowest BCUT2D eigenvalue weighted by Crippen LogP contribution is -2.25. The summed E-state index contributed by atoms with van der Waals surface area (Å²) in [4.78, 5) is 12.2. The molecule has 0 unspecified atom stereocenters. The van der Waals surface area contributed by atoms with Crippen LogP contribution < -0.4 is 14.8 Å². The summed E-state index contributed by atoms with van der Waals surface area (Å²) in [6.45, 7) is 2.95. The number of benzene rings is 2. The van der Waals surface area contributed by atoms with Crippen LogP contribution in [-0.4, -0.2) is 30.2 Å². The van der Waals surface area contributed by atoms with E-state index in [0.29, 0.717) is 32.6 Å². The van der Waals surface area contributed by atoms with Gasteiger partial charge in [0.15, 0.2) is 11.5 Å². The Balaban J connectivity index is 1.20. The van der Waals surface area contributed by atoms with Gasteiger partial charge in [0.2, 0.25) is 5.91 Å². The van der Waals surface area contributed by atoms with Gasteiger partial charge in [-0.1, -0.05) is 24.3 Å². The highest BCUT2D eigenvalue weighted by Gasteiger charge is 2.11. The number of amides is 1. The van der Waals surface area contributed by atoms with Gasteiger partial charge in [0.25, 0.3) is 0 Å². The Morgan fingerprint density at radius 2 is 1.89 bits per heavy atom. The number of para-hydroxylation sites is 1. The van der Waals surface area contributed by atoms with E-state index in [9.17, 15) is 4.79 Å². The van der Waals surface area contributed by atoms with E-state index in [1.165, 1.54) is 10.9 Å². The van der Waals surface area contributed by atoms with Crippen molar-refractivity contribution in [1.82, 2.24) is 9.88 Å². The molecule has 0 bridgehead atoms. The van der Waals surface area contributed by atoms with E-state index < -0.39 is 0 Å². The Labute approximate surface area is 165 Å². The lowest BCUT2D eigenvalue weighted by atomic mass is 10.1. The molecule has 0 saturated heterocycles. The van der Waals surface area contributed by atoms with Crippen molar-refractivity contribution in [2.45, 2.75) is 32.2 Å². The number of aromatic nitrogens is 1. The minimum atomic E-state index is 0.0875. The molecule has 2 aromatic carbocycles. The van der Waals surface area contributed by atoms with Crippen LogP contribution in [0, 0.1) is 0 Å². The smallest absolute Gasteiger partial charge is 0.220 e. The highest BCUT2D eigenvalue weighted by atomic mass is 16.5. The molecule has 0 spiro atoms. The Hall–Kier alpha value is -2.95. The maximum Gasteiger partial charge on any atom is 0.220 e. The van der Waals surface area contributed by atoms with Crippen LogP contribution in [0.1, 0.15) is 24.8 Å². The third-order valence-electron chi connectivity index (χ3n) is 5.03. The summed E-state index contributed by atoms with van der Waals surface area (Å²) in [5.74, 6) is 1.67. The second-order valence-corrected chi connectivity index (χ2v) is 7.10. The summed E-state index contributed by atoms with van der Waals surface area (Å²) in [5.41, 5.74) is 2.33. The van der Waals surface area contributed by atoms with Gasteiger partial charge in [-0.3, -0.25) is 4.79 Å². The third kappa shape index (κ3) is 4.47. The van der Waals surface area contributed by atoms with Crippen LogP contribution in [0.15, 0.2) is 54.7 Å². The minimum Gasteiger partial charge on any atom is -0.490 e. The molecule has 146 valence electrons. The number of nitrogens with one attached hydrogen (secondary N) is 1. The number of carbonyl (C=O) groups excluding carboxylic acids is 1. The molecule has 1 aliphatic heterocycles. The van der Waals surface area contributed by atoms with E-state index in [-0.39, 0.29) is 5.91 Å². The van der Waals surface area contributed by atoms with Crippen LogP contribution >= 0.6 is 0 Å². The van der Waals surface area contributed by atoms with Crippen molar-refractivity contribution in [3.8, 4) is 11.5 Å². The molecule has 0 saturated carbocycles. The molecule has 1 N–H and O–H groups in total. The Morgan fingerprint density at radius 3 is 2.82 bits per heavy atom. The predicted molar refractivity (Wildman–Crippen MR) is 110 cm³/mol. The Bertz CT molecular complexity index is 948. The van der Waals surface area contributed by atoms with E-state index in [4.69, 9.17) is 9.47 Å². The molecule has 1 amide bonds. The predicted octanol–water partition coefficient (Wildman–Crippen LogP) is 3.94. The lowest BCUT2D eigenvalue weighted by Gasteiger charge is -2.10. The Morgan fingerprint density at radius 1 is 1.04 bits per heavy atom. The maximum atomic E-state index is 12.2. The fraction of sp³-hybridized carbons (Fsp3) is 0.348. The lowest BCUT2D eigenvalue weighted by molar-refractivity contribution is -0.121. The van der Waals surface area contributed by atoms with Crippen molar-refractivity contribution in [2.75, 3.05) is 19.8 Å². The summed E-state index contributed by atoms with van der Waals surface area (Å²) >= 11 is 0. The highest BCUT2D eigenvalue weighted by Crippen LogP contribution is 2.30. The molecular weight excluding hydrogens is 352 g/mol. The third-order valence-corrected chi connectivity index (χ3v) is 5.03. The van der Waals surface area contributed by atoms with Gasteiger partial charge in [0.1, 0.15) is 0 Å². The molecule has 0 radical (unpaired) electrons. The topological polar surface area (TPSA) is 52.5 Å². The van der Waals surface area contributed by atoms with Crippen LogP contribution in [-0.2, 0) is 17.8 Å². The van der Waals surface area contributed by atoms with Crippen molar-refractivity contribution >= 4 is 16.8 Å². The van der Waals surface area contributed by atoms with E-state index >= 15 is 0 Å². The fourth-order valence-corrected chi connectivity index (χ4v) is 3.52. The first-order chi connectivity index (χ1) is 13.8. The zero-order valence-corrected chi connectivity index (χ0v) is 16.0. The second kappa shape index (κ2) is 8.83. The van der Waals surface area contributed by atoms with Crippen LogP contribution in [0.2, 0.25) is 0 Å². The zero-order chi connectivity index (χ0) is 19.2. The van der Waals surface area contributed by atoms with Gasteiger partial charge in [-0.15, -0.1) is 0 Å². The van der Waals surface area contributed by atoms with Gasteiger partial charge in [0.05, 0.1) is 13.2 Å². The molecule has 5 nitrogen and oxygen atoms in total. The molecule has 0 aliphatic carbocycles. The molecule has 3 aromatic rings. The number of aryl methyl sites for hydroxylation is 2. The summed E-state index contributed by atoms with van der Waals surface area (Å²) < 4.78 is 13.6. The van der Waals surface area contributed by atoms with Crippen molar-refractivity contribution in [3.63, 3.8) is 0 Å². The SMILES string of the molecule is O=C(CCc1ccc2c(c1)OCCCO2)NCCCn1ccc2ccccc21. The number of hydrogen-bond acceptors (Lipinski definition) is 3. The van der Waals surface area contributed by atoms with Crippen molar-refractivity contribution < 1.29 is 14.3 Å². The van der Waals surface area contributed by atoms with E-state index in [1.54, 1.807) is 0 Å². The number of carbonyl (C=O) groups is 1. The van der Waals surface area contributed by atoms with Crippen LogP contribution in [0.25, 0.3) is 10.9 Å². The van der Waals surface area contributed by atoms with E-state index in [0.717, 1.165) is 36.4 Å². The quantitative estimate of drug-likeness (QED) is 0.634. The molecule has 0 atom stereocenters. The first kappa shape index (κ1) is 18.4. The monoisotopic (exact) mass is 378 g/mol. The molecule has 28 heavy (non-hydrogen) atoms. The molecule has 2 heterocycles. The van der Waals surface area contributed by atoms with Crippen LogP contribution in [0.4, 0.5) is 0 Å². The maximum absolute atomic E-state index is 12.2. The van der Waals surface area contributed by atoms with Crippen molar-refractivity contribution in [1.29, 1.82) is 0 Å². The normalized spacial score (nSPS) is 13.3. The van der Waals surface area contributed by atoms with Gasteiger partial charge in [0, 0.05) is 37.6 Å². The summed E-state index contributed by atoms with van der Waals surface area (Å²) in [6, 6.07) is 16.4. The van der Waals surface area contributed by atoms with E-state index in [1.807, 2.05) is 18.2 Å². The standard InChI is InChI=1S/C23H26N2O3/c26-23(10-8-18-7-9-21-22(17-18)28-16-4-15-27-21)24-12-3-13-25-14-11-19-5-1-2-6-20(19)25/h1-2,5-7,9,11,14,17H,3-4,8,10,12-13,15-16H2,(H,24,26). The first-order valence-electron chi connectivity index (χ1n) is 9.99. The molecule has 5 heteroatoms. The number of nitrogens with zero attached hydrogens (tertiary/aromatic N) is 1. The Kier molecular flexibility index (Phi) is 5.80. The first-order valence-corrected chi connectivity index (χ1v) is 9.99. The molecule has 4 rings (SSSR count). The summed E-state index contributed by atoms with van der Waals surface area (Å²) in [7, 11) is 0. The largest absolute Gasteiger partial charge is 0.490 e. The summed E-state index contributed by atoms with van der Waals surface area (Å²) in [6.07, 6.45) is 5.09. The van der Waals surface area contributed by atoms with Gasteiger partial charge in [-0.25, -0.2) is 0 Å². The van der Waals surface area contributed by atoms with Gasteiger partial charge in [-0.05, 0) is 48.1 Å². The minimum absolute atomic E-state index is 0.0875. The van der Waals surface area contributed by atoms with E-state index in [2.05, 4.69) is 46.4 Å². The van der Waals surface area contributed by atoms with Crippen molar-refractivity contribution in [2.24, 2.45) is 0 Å². The summed E-state index contributed by atoms with van der Waals surface area (Å²) in [5, 5.41) is 4.28. The molecule has 1 aliphatic rings. The average molecular weight is 378 g/mol. The number of fused-ring (bicyclic) bond motifs is 2. The van der Waals surface area contributed by atoms with Crippen LogP contribution in [0.5, 0.6) is 11.5 Å². The fourth-order valence-electron chi connectivity index (χ4n) is 3.52. The number of ether oxygens (including phenoxy) is 2. The van der Waals surface area contributed by atoms with Gasteiger partial charge in [-0.2, -0.15) is 0 Å². The zero-order valence-electron chi connectivity index (χ0n) is 16.0. The average Bonchev–Trinajstić information content (AvgIpc) is 2.98. The second-order valence-electron chi connectivity index (χ2n) is 7.10. The van der Waals surface area contributed by atoms with Crippen LogP contribution in [0.3, 0.4) is 0 Å². The van der Waals surface area contributed by atoms with Gasteiger partial charge >= 0.3 is 0 Å². The highest BCUT2D eigenvalue weighted by molar-refractivity contribution is 5.79. The molecule has 1 aromatic heterocycles. The van der Waals surface area contributed by atoms with Crippen molar-refractivity contribution in [3.05, 3.63) is 60.3 Å². The number of rotatable bonds is 7. The number of hydrogen-bond donors (Lipinski definition) is 1.